The summed E-state index contributed by atoms with van der Waals surface area (Å²) in [5.41, 5.74) is 5.75. The lowest BCUT2D eigenvalue weighted by Gasteiger charge is -2.28. The molecule has 0 bridgehead atoms. The zero-order valence-electron chi connectivity index (χ0n) is 6.68. The SMILES string of the molecule is NC(=O)[N+]1([O-])C=Nc2ccccc21. The zero-order chi connectivity index (χ0) is 9.47. The molecule has 0 saturated heterocycles. The van der Waals surface area contributed by atoms with Crippen LogP contribution in [0.5, 0.6) is 0 Å². The fourth-order valence-corrected chi connectivity index (χ4v) is 1.24. The predicted molar refractivity (Wildman–Crippen MR) is 49.3 cm³/mol. The maximum Gasteiger partial charge on any atom is 0.425 e. The predicted octanol–water partition coefficient (Wildman–Crippen LogP) is 1.24. The van der Waals surface area contributed by atoms with Gasteiger partial charge in [0.1, 0.15) is 5.69 Å². The number of carbonyl (C=O) groups excluding carboxylic acids is 1. The molecule has 0 spiro atoms. The largest absolute Gasteiger partial charge is 0.612 e. The summed E-state index contributed by atoms with van der Waals surface area (Å²) in [7, 11) is 0. The summed E-state index contributed by atoms with van der Waals surface area (Å²) < 4.78 is -1.30. The van der Waals surface area contributed by atoms with Gasteiger partial charge in [-0.15, -0.1) is 0 Å². The average Bonchev–Trinajstić information content (AvgIpc) is 2.47. The van der Waals surface area contributed by atoms with Crippen LogP contribution in [0.15, 0.2) is 29.3 Å². The Hall–Kier alpha value is -1.72. The van der Waals surface area contributed by atoms with Gasteiger partial charge in [0.25, 0.3) is 0 Å². The molecule has 2 rings (SSSR count). The fraction of sp³-hybridized carbons (Fsp3) is 0. The van der Waals surface area contributed by atoms with Crippen molar-refractivity contribution in [1.29, 1.82) is 0 Å². The van der Waals surface area contributed by atoms with Crippen LogP contribution in [0.25, 0.3) is 0 Å². The highest BCUT2D eigenvalue weighted by atomic mass is 16.6. The van der Waals surface area contributed by atoms with Crippen LogP contribution in [-0.4, -0.2) is 12.4 Å². The van der Waals surface area contributed by atoms with E-state index in [1.165, 1.54) is 0 Å². The molecule has 5 nitrogen and oxygen atoms in total. The number of nitrogens with zero attached hydrogens (tertiary/aromatic N) is 2. The van der Waals surface area contributed by atoms with Gasteiger partial charge in [-0.2, -0.15) is 9.64 Å². The van der Waals surface area contributed by atoms with E-state index in [4.69, 9.17) is 5.73 Å². The zero-order valence-corrected chi connectivity index (χ0v) is 6.68. The van der Waals surface area contributed by atoms with Crippen molar-refractivity contribution in [1.82, 2.24) is 4.65 Å². The Morgan fingerprint density at radius 2 is 2.15 bits per heavy atom. The smallest absolute Gasteiger partial charge is 0.425 e. The van der Waals surface area contributed by atoms with Crippen molar-refractivity contribution in [2.24, 2.45) is 10.7 Å². The molecule has 0 fully saturated rings. The van der Waals surface area contributed by atoms with Crippen LogP contribution in [0, 0.1) is 5.21 Å². The molecule has 2 amide bonds. The first-order chi connectivity index (χ1) is 6.14. The molecule has 66 valence electrons. The average molecular weight is 177 g/mol. The molecule has 1 atom stereocenters. The van der Waals surface area contributed by atoms with Gasteiger partial charge >= 0.3 is 6.03 Å². The van der Waals surface area contributed by atoms with Gasteiger partial charge in [-0.05, 0) is 6.07 Å². The van der Waals surface area contributed by atoms with Gasteiger partial charge in [0.05, 0.1) is 0 Å². The number of quaternary nitrogens is 1. The van der Waals surface area contributed by atoms with Crippen LogP contribution in [0.3, 0.4) is 0 Å². The molecule has 0 radical (unpaired) electrons. The maximum atomic E-state index is 11.7. The number of rotatable bonds is 0. The summed E-state index contributed by atoms with van der Waals surface area (Å²) in [6.45, 7) is 0. The number of primary amides is 1. The van der Waals surface area contributed by atoms with E-state index in [2.05, 4.69) is 4.99 Å². The lowest BCUT2D eigenvalue weighted by molar-refractivity contribution is 0.240. The second kappa shape index (κ2) is 2.38. The Labute approximate surface area is 74.3 Å². The number of carbonyl (C=O) groups is 1. The van der Waals surface area contributed by atoms with E-state index in [9.17, 15) is 10.0 Å². The molecule has 1 aromatic carbocycles. The number of para-hydroxylation sites is 2. The van der Waals surface area contributed by atoms with Crippen LogP contribution in [0.2, 0.25) is 0 Å². The minimum absolute atomic E-state index is 0.273. The van der Waals surface area contributed by atoms with Crippen LogP contribution >= 0.6 is 0 Å². The molecule has 1 aliphatic rings. The molecule has 2 N–H and O–H groups in total. The van der Waals surface area contributed by atoms with Gasteiger partial charge in [0.2, 0.25) is 6.34 Å². The molecule has 0 saturated carbocycles. The number of urea groups is 1. The third-order valence-electron chi connectivity index (χ3n) is 1.93. The molecule has 0 aliphatic carbocycles. The number of fused-ring (bicyclic) bond motifs is 1. The lowest BCUT2D eigenvalue weighted by atomic mass is 10.2. The number of nitrogens with two attached hydrogens (primary N) is 1. The Morgan fingerprint density at radius 3 is 2.85 bits per heavy atom. The van der Waals surface area contributed by atoms with Crippen molar-refractivity contribution in [3.8, 4) is 0 Å². The topological polar surface area (TPSA) is 78.5 Å². The maximum absolute atomic E-state index is 11.7. The van der Waals surface area contributed by atoms with E-state index in [1.807, 2.05) is 0 Å². The van der Waals surface area contributed by atoms with Gasteiger partial charge < -0.3 is 10.9 Å². The minimum atomic E-state index is -1.30. The Balaban J connectivity index is 2.61. The summed E-state index contributed by atoms with van der Waals surface area (Å²) in [4.78, 5) is 14.7. The summed E-state index contributed by atoms with van der Waals surface area (Å²) >= 11 is 0. The minimum Gasteiger partial charge on any atom is -0.612 e. The Kier molecular flexibility index (Phi) is 1.45. The van der Waals surface area contributed by atoms with Crippen LogP contribution in [0.1, 0.15) is 0 Å². The van der Waals surface area contributed by atoms with Crippen molar-refractivity contribution in [3.05, 3.63) is 29.5 Å². The van der Waals surface area contributed by atoms with Crippen molar-refractivity contribution < 1.29 is 4.79 Å². The van der Waals surface area contributed by atoms with Gasteiger partial charge in [-0.1, -0.05) is 12.1 Å². The second-order valence-electron chi connectivity index (χ2n) is 2.73. The fourth-order valence-electron chi connectivity index (χ4n) is 1.24. The highest BCUT2D eigenvalue weighted by Crippen LogP contribution is 2.36. The van der Waals surface area contributed by atoms with E-state index < -0.39 is 10.7 Å². The molecule has 1 aliphatic heterocycles. The molecule has 0 aromatic heterocycles. The van der Waals surface area contributed by atoms with Crippen molar-refractivity contribution >= 4 is 23.7 Å². The van der Waals surface area contributed by atoms with Gasteiger partial charge in [-0.25, -0.2) is 4.79 Å². The van der Waals surface area contributed by atoms with Crippen molar-refractivity contribution in [3.63, 3.8) is 0 Å². The highest BCUT2D eigenvalue weighted by molar-refractivity contribution is 6.07. The van der Waals surface area contributed by atoms with Crippen LogP contribution in [0.4, 0.5) is 16.2 Å². The number of hydrogen-bond acceptors (Lipinski definition) is 3. The first kappa shape index (κ1) is 7.90. The number of amides is 2. The third kappa shape index (κ3) is 0.947. The van der Waals surface area contributed by atoms with Crippen molar-refractivity contribution in [2.75, 3.05) is 0 Å². The molecule has 1 aromatic rings. The molecule has 5 heteroatoms. The number of benzene rings is 1. The monoisotopic (exact) mass is 177 g/mol. The lowest BCUT2D eigenvalue weighted by Crippen LogP contribution is -2.49. The standard InChI is InChI=1S/C8H7N3O2/c9-8(12)11(13)5-10-6-3-1-2-4-7(6)11/h1-5H,(H2,9,12). The van der Waals surface area contributed by atoms with Crippen LogP contribution in [-0.2, 0) is 0 Å². The summed E-state index contributed by atoms with van der Waals surface area (Å²) in [5, 5.41) is 11.7. The summed E-state index contributed by atoms with van der Waals surface area (Å²) in [6, 6.07) is 5.63. The Bertz CT molecular complexity index is 402. The highest BCUT2D eigenvalue weighted by Gasteiger charge is 2.33. The summed E-state index contributed by atoms with van der Waals surface area (Å²) in [6.07, 6.45) is 0.993. The van der Waals surface area contributed by atoms with E-state index in [-0.39, 0.29) is 5.69 Å². The number of hydroxylamine groups is 2. The molecular weight excluding hydrogens is 170 g/mol. The molecule has 1 heterocycles. The number of aliphatic imine (C=N–C) groups is 1. The molecular formula is C8H7N3O2. The quantitative estimate of drug-likeness (QED) is 0.478. The van der Waals surface area contributed by atoms with Crippen molar-refractivity contribution in [2.45, 2.75) is 0 Å². The second-order valence-corrected chi connectivity index (χ2v) is 2.73. The molecule has 1 unspecified atom stereocenters. The van der Waals surface area contributed by atoms with E-state index in [0.717, 1.165) is 6.34 Å². The first-order valence-electron chi connectivity index (χ1n) is 3.69. The van der Waals surface area contributed by atoms with E-state index in [1.54, 1.807) is 24.3 Å². The van der Waals surface area contributed by atoms with Gasteiger partial charge in [0, 0.05) is 6.07 Å². The van der Waals surface area contributed by atoms with E-state index in [0.29, 0.717) is 5.69 Å². The van der Waals surface area contributed by atoms with E-state index >= 15 is 0 Å². The number of hydrogen-bond donors (Lipinski definition) is 1. The van der Waals surface area contributed by atoms with Crippen LogP contribution < -0.4 is 10.4 Å². The molecule has 13 heavy (non-hydrogen) atoms. The van der Waals surface area contributed by atoms with Gasteiger partial charge in [-0.3, -0.25) is 0 Å². The summed E-state index contributed by atoms with van der Waals surface area (Å²) in [5.74, 6) is 0. The third-order valence-corrected chi connectivity index (χ3v) is 1.93. The Morgan fingerprint density at radius 1 is 1.46 bits per heavy atom. The normalized spacial score (nSPS) is 24.4. The first-order valence-corrected chi connectivity index (χ1v) is 3.69. The van der Waals surface area contributed by atoms with Gasteiger partial charge in [0.15, 0.2) is 5.69 Å².